The number of hydrogen-bond donors (Lipinski definition) is 2. The fourth-order valence-corrected chi connectivity index (χ4v) is 1.69. The van der Waals surface area contributed by atoms with Crippen molar-refractivity contribution in [3.05, 3.63) is 11.3 Å². The molecule has 1 aliphatic heterocycles. The van der Waals surface area contributed by atoms with Crippen molar-refractivity contribution in [2.24, 2.45) is 10.2 Å². The summed E-state index contributed by atoms with van der Waals surface area (Å²) in [6.45, 7) is 3.34. The molecule has 0 saturated carbocycles. The highest BCUT2D eigenvalue weighted by Gasteiger charge is 2.46. The first-order valence-corrected chi connectivity index (χ1v) is 4.62. The minimum absolute atomic E-state index is 0.200. The number of nitrogens with zero attached hydrogens (tertiary/aromatic N) is 2. The average Bonchev–Trinajstić information content (AvgIpc) is 2.56. The summed E-state index contributed by atoms with van der Waals surface area (Å²) in [4.78, 5) is 21.9. The third-order valence-corrected chi connectivity index (χ3v) is 2.53. The zero-order valence-electron chi connectivity index (χ0n) is 8.52. The van der Waals surface area contributed by atoms with Crippen LogP contribution >= 0.6 is 0 Å². The molecule has 1 atom stereocenters. The van der Waals surface area contributed by atoms with Crippen LogP contribution in [0.15, 0.2) is 21.5 Å². The molecule has 0 bridgehead atoms. The average molecular weight is 212 g/mol. The Kier molecular flexibility index (Phi) is 2.88. The van der Waals surface area contributed by atoms with E-state index in [1.165, 1.54) is 0 Å². The van der Waals surface area contributed by atoms with Crippen molar-refractivity contribution in [1.82, 2.24) is 0 Å². The molecule has 15 heavy (non-hydrogen) atoms. The molecule has 0 fully saturated rings. The summed E-state index contributed by atoms with van der Waals surface area (Å²) in [5.41, 5.74) is -1.44. The minimum Gasteiger partial charge on any atom is -0.479 e. The molecule has 0 aromatic carbocycles. The van der Waals surface area contributed by atoms with Gasteiger partial charge in [-0.3, -0.25) is 0 Å². The molecule has 2 N–H and O–H groups in total. The van der Waals surface area contributed by atoms with Crippen molar-refractivity contribution < 1.29 is 19.8 Å². The Morgan fingerprint density at radius 3 is 2.27 bits per heavy atom. The Morgan fingerprint density at radius 1 is 1.33 bits per heavy atom. The lowest BCUT2D eigenvalue weighted by atomic mass is 9.86. The summed E-state index contributed by atoms with van der Waals surface area (Å²) in [6.07, 6.45) is 0.514. The quantitative estimate of drug-likeness (QED) is 0.736. The van der Waals surface area contributed by atoms with E-state index in [0.29, 0.717) is 6.42 Å². The molecule has 0 spiro atoms. The molecule has 1 heterocycles. The molecule has 0 saturated heterocycles. The van der Waals surface area contributed by atoms with Gasteiger partial charge >= 0.3 is 11.9 Å². The van der Waals surface area contributed by atoms with Gasteiger partial charge in [-0.1, -0.05) is 13.8 Å². The Hall–Kier alpha value is -1.72. The zero-order valence-corrected chi connectivity index (χ0v) is 8.52. The van der Waals surface area contributed by atoms with Crippen molar-refractivity contribution in [3.8, 4) is 0 Å². The van der Waals surface area contributed by atoms with E-state index in [9.17, 15) is 9.59 Å². The summed E-state index contributed by atoms with van der Waals surface area (Å²) in [6, 6.07) is 0. The minimum atomic E-state index is -1.47. The summed E-state index contributed by atoms with van der Waals surface area (Å²) in [7, 11) is 0. The second kappa shape index (κ2) is 3.80. The maximum atomic E-state index is 11.1. The van der Waals surface area contributed by atoms with Crippen LogP contribution < -0.4 is 0 Å². The van der Waals surface area contributed by atoms with Crippen molar-refractivity contribution in [3.63, 3.8) is 0 Å². The van der Waals surface area contributed by atoms with Gasteiger partial charge in [0, 0.05) is 5.57 Å². The van der Waals surface area contributed by atoms with E-state index in [1.807, 2.05) is 0 Å². The molecule has 0 aromatic heterocycles. The van der Waals surface area contributed by atoms with Gasteiger partial charge in [0.25, 0.3) is 0 Å². The molecule has 1 unspecified atom stereocenters. The van der Waals surface area contributed by atoms with Crippen LogP contribution in [0.3, 0.4) is 0 Å². The van der Waals surface area contributed by atoms with Gasteiger partial charge in [-0.2, -0.15) is 5.11 Å². The molecule has 0 radical (unpaired) electrons. The van der Waals surface area contributed by atoms with Gasteiger partial charge in [0.15, 0.2) is 5.70 Å². The monoisotopic (exact) mass is 212 g/mol. The number of carbonyl (C=O) groups is 2. The van der Waals surface area contributed by atoms with Crippen LogP contribution in [-0.2, 0) is 9.59 Å². The van der Waals surface area contributed by atoms with E-state index in [1.54, 1.807) is 13.8 Å². The van der Waals surface area contributed by atoms with Gasteiger partial charge in [-0.05, 0) is 12.8 Å². The van der Waals surface area contributed by atoms with Crippen LogP contribution in [0.5, 0.6) is 0 Å². The van der Waals surface area contributed by atoms with Crippen LogP contribution in [0, 0.1) is 0 Å². The van der Waals surface area contributed by atoms with Gasteiger partial charge < -0.3 is 10.2 Å². The van der Waals surface area contributed by atoms with Crippen molar-refractivity contribution in [1.29, 1.82) is 0 Å². The predicted octanol–water partition coefficient (Wildman–Crippen LogP) is 1.43. The van der Waals surface area contributed by atoms with E-state index in [2.05, 4.69) is 10.2 Å². The molecular formula is C9H12N2O4. The molecule has 0 aromatic rings. The topological polar surface area (TPSA) is 99.3 Å². The normalized spacial score (nSPS) is 24.7. The van der Waals surface area contributed by atoms with Gasteiger partial charge in [0.2, 0.25) is 5.54 Å². The summed E-state index contributed by atoms with van der Waals surface area (Å²) in [5.74, 6) is -2.38. The number of carboxylic acids is 2. The zero-order chi connectivity index (χ0) is 11.6. The highest BCUT2D eigenvalue weighted by molar-refractivity contribution is 5.93. The smallest absolute Gasteiger partial charge is 0.356 e. The van der Waals surface area contributed by atoms with E-state index in [0.717, 1.165) is 0 Å². The third kappa shape index (κ3) is 1.51. The van der Waals surface area contributed by atoms with E-state index >= 15 is 0 Å². The lowest BCUT2D eigenvalue weighted by Gasteiger charge is -2.20. The summed E-state index contributed by atoms with van der Waals surface area (Å²) in [5, 5.41) is 25.0. The maximum absolute atomic E-state index is 11.1. The number of hydrogen-bond acceptors (Lipinski definition) is 4. The van der Waals surface area contributed by atoms with Crippen LogP contribution in [0.4, 0.5) is 0 Å². The first-order chi connectivity index (χ1) is 6.99. The number of aliphatic carboxylic acids is 2. The molecule has 0 amide bonds. The van der Waals surface area contributed by atoms with Crippen LogP contribution in [0.1, 0.15) is 26.7 Å². The molecule has 0 aliphatic carbocycles. The molecule has 6 nitrogen and oxygen atoms in total. The second-order valence-electron chi connectivity index (χ2n) is 3.20. The van der Waals surface area contributed by atoms with E-state index in [-0.39, 0.29) is 17.7 Å². The summed E-state index contributed by atoms with van der Waals surface area (Å²) >= 11 is 0. The lowest BCUT2D eigenvalue weighted by molar-refractivity contribution is -0.141. The van der Waals surface area contributed by atoms with Crippen molar-refractivity contribution in [2.45, 2.75) is 32.2 Å². The maximum Gasteiger partial charge on any atom is 0.356 e. The van der Waals surface area contributed by atoms with E-state index < -0.39 is 17.5 Å². The third-order valence-electron chi connectivity index (χ3n) is 2.53. The van der Waals surface area contributed by atoms with Crippen LogP contribution in [0.25, 0.3) is 0 Å². The van der Waals surface area contributed by atoms with Crippen molar-refractivity contribution in [2.75, 3.05) is 0 Å². The molecule has 6 heteroatoms. The number of rotatable bonds is 4. The molecule has 82 valence electrons. The lowest BCUT2D eigenvalue weighted by Crippen LogP contribution is -2.36. The fourth-order valence-electron chi connectivity index (χ4n) is 1.69. The molecule has 1 aliphatic rings. The number of azo groups is 1. The summed E-state index contributed by atoms with van der Waals surface area (Å²) < 4.78 is 0. The van der Waals surface area contributed by atoms with Gasteiger partial charge in [-0.25, -0.2) is 9.59 Å². The first kappa shape index (κ1) is 11.4. The van der Waals surface area contributed by atoms with Crippen LogP contribution in [0.2, 0.25) is 0 Å². The Balaban J connectivity index is 3.32. The van der Waals surface area contributed by atoms with Crippen LogP contribution in [-0.4, -0.2) is 27.7 Å². The van der Waals surface area contributed by atoms with Gasteiger partial charge in [-0.15, -0.1) is 5.11 Å². The fraction of sp³-hybridized carbons (Fsp3) is 0.556. The highest BCUT2D eigenvalue weighted by Crippen LogP contribution is 2.37. The SMILES string of the molecule is CCC1=C(C(=O)O)N=NC1(CC)C(=O)O. The van der Waals surface area contributed by atoms with Gasteiger partial charge in [0.1, 0.15) is 0 Å². The van der Waals surface area contributed by atoms with Gasteiger partial charge in [0.05, 0.1) is 0 Å². The van der Waals surface area contributed by atoms with Crippen molar-refractivity contribution >= 4 is 11.9 Å². The largest absolute Gasteiger partial charge is 0.479 e. The number of carboxylic acid groups (broad SMARTS) is 2. The molecular weight excluding hydrogens is 200 g/mol. The molecule has 1 rings (SSSR count). The second-order valence-corrected chi connectivity index (χ2v) is 3.20. The van der Waals surface area contributed by atoms with E-state index in [4.69, 9.17) is 10.2 Å². The Bertz CT molecular complexity index is 372. The standard InChI is InChI=1S/C9H12N2O4/c1-3-5-6(7(12)13)10-11-9(5,4-2)8(14)15/h3-4H2,1-2H3,(H,12,13)(H,14,15). The Morgan fingerprint density at radius 2 is 1.93 bits per heavy atom. The Labute approximate surface area is 86.3 Å². The highest BCUT2D eigenvalue weighted by atomic mass is 16.4. The predicted molar refractivity (Wildman–Crippen MR) is 50.5 cm³/mol. The first-order valence-electron chi connectivity index (χ1n) is 4.62.